The molecular formula is C14H18N2O2S. The summed E-state index contributed by atoms with van der Waals surface area (Å²) in [7, 11) is 1.34. The van der Waals surface area contributed by atoms with Crippen LogP contribution in [-0.4, -0.2) is 18.1 Å². The van der Waals surface area contributed by atoms with Crippen molar-refractivity contribution in [2.24, 2.45) is 5.92 Å². The lowest BCUT2D eigenvalue weighted by atomic mass is 9.87. The lowest BCUT2D eigenvalue weighted by Crippen LogP contribution is -2.11. The molecule has 1 atom stereocenters. The molecule has 1 aliphatic carbocycles. The van der Waals surface area contributed by atoms with Crippen molar-refractivity contribution in [2.45, 2.75) is 44.4 Å². The molecule has 1 aromatic heterocycles. The molecule has 0 radical (unpaired) electrons. The highest BCUT2D eigenvalue weighted by Gasteiger charge is 2.27. The molecule has 0 bridgehead atoms. The van der Waals surface area contributed by atoms with Crippen molar-refractivity contribution >= 4 is 17.3 Å². The van der Waals surface area contributed by atoms with Crippen LogP contribution < -0.4 is 0 Å². The Kier molecular flexibility index (Phi) is 4.92. The Morgan fingerprint density at radius 1 is 1.47 bits per heavy atom. The Labute approximate surface area is 117 Å². The molecule has 1 saturated carbocycles. The number of ether oxygens (including phenoxy) is 1. The lowest BCUT2D eigenvalue weighted by Gasteiger charge is -2.17. The highest BCUT2D eigenvalue weighted by molar-refractivity contribution is 7.10. The molecule has 5 heteroatoms. The van der Waals surface area contributed by atoms with Gasteiger partial charge in [0.25, 0.3) is 0 Å². The van der Waals surface area contributed by atoms with Crippen molar-refractivity contribution in [3.05, 3.63) is 16.1 Å². The molecule has 0 N–H and O–H groups in total. The highest BCUT2D eigenvalue weighted by atomic mass is 32.1. The summed E-state index contributed by atoms with van der Waals surface area (Å²) in [6, 6.07) is 2.38. The standard InChI is InChI=1S/C14H18N2O2S/c1-18-14(17)12-9-19-13(16-12)11(8-15)10-6-4-2-3-5-7-10/h9-11H,2-7H2,1H3. The molecule has 1 heterocycles. The summed E-state index contributed by atoms with van der Waals surface area (Å²) in [6.07, 6.45) is 7.09. The van der Waals surface area contributed by atoms with Crippen molar-refractivity contribution in [1.29, 1.82) is 5.26 Å². The summed E-state index contributed by atoms with van der Waals surface area (Å²) in [4.78, 5) is 15.7. The van der Waals surface area contributed by atoms with Gasteiger partial charge in [0.15, 0.2) is 5.69 Å². The summed E-state index contributed by atoms with van der Waals surface area (Å²) in [5.74, 6) is -0.231. The van der Waals surface area contributed by atoms with E-state index in [2.05, 4.69) is 15.8 Å². The van der Waals surface area contributed by atoms with Gasteiger partial charge in [0.1, 0.15) is 10.9 Å². The predicted molar refractivity (Wildman–Crippen MR) is 73.0 cm³/mol. The average Bonchev–Trinajstić information content (AvgIpc) is 2.75. The number of thiazole rings is 1. The maximum absolute atomic E-state index is 11.4. The largest absolute Gasteiger partial charge is 0.464 e. The van der Waals surface area contributed by atoms with E-state index in [9.17, 15) is 10.1 Å². The van der Waals surface area contributed by atoms with Crippen LogP contribution in [0.15, 0.2) is 5.38 Å². The molecule has 4 nitrogen and oxygen atoms in total. The second-order valence-corrected chi connectivity index (χ2v) is 5.81. The van der Waals surface area contributed by atoms with Crippen molar-refractivity contribution in [1.82, 2.24) is 4.98 Å². The van der Waals surface area contributed by atoms with Gasteiger partial charge < -0.3 is 4.74 Å². The SMILES string of the molecule is COC(=O)c1csc(C(C#N)C2CCCCCC2)n1. The van der Waals surface area contributed by atoms with Gasteiger partial charge in [0, 0.05) is 5.38 Å². The predicted octanol–water partition coefficient (Wildman–Crippen LogP) is 3.51. The van der Waals surface area contributed by atoms with Crippen LogP contribution in [0, 0.1) is 17.2 Å². The van der Waals surface area contributed by atoms with Crippen LogP contribution in [0.3, 0.4) is 0 Å². The van der Waals surface area contributed by atoms with Crippen molar-refractivity contribution in [3.63, 3.8) is 0 Å². The molecular weight excluding hydrogens is 260 g/mol. The number of hydrogen-bond donors (Lipinski definition) is 0. The van der Waals surface area contributed by atoms with Crippen LogP contribution in [0.5, 0.6) is 0 Å². The first-order chi connectivity index (χ1) is 9.26. The Morgan fingerprint density at radius 3 is 2.74 bits per heavy atom. The number of nitriles is 1. The van der Waals surface area contributed by atoms with Crippen LogP contribution in [0.1, 0.15) is 59.9 Å². The second-order valence-electron chi connectivity index (χ2n) is 4.92. The molecule has 0 saturated heterocycles. The van der Waals surface area contributed by atoms with Gasteiger partial charge in [-0.05, 0) is 18.8 Å². The highest BCUT2D eigenvalue weighted by Crippen LogP contribution is 2.36. The third-order valence-corrected chi connectivity index (χ3v) is 4.62. The monoisotopic (exact) mass is 278 g/mol. The van der Waals surface area contributed by atoms with Gasteiger partial charge in [-0.2, -0.15) is 5.26 Å². The first-order valence-corrected chi connectivity index (χ1v) is 7.57. The third kappa shape index (κ3) is 3.32. The van der Waals surface area contributed by atoms with E-state index in [-0.39, 0.29) is 5.92 Å². The van der Waals surface area contributed by atoms with Gasteiger partial charge in [-0.25, -0.2) is 9.78 Å². The van der Waals surface area contributed by atoms with E-state index in [1.54, 1.807) is 5.38 Å². The summed E-state index contributed by atoms with van der Waals surface area (Å²) in [6.45, 7) is 0. The smallest absolute Gasteiger partial charge is 0.357 e. The van der Waals surface area contributed by atoms with Gasteiger partial charge in [-0.15, -0.1) is 11.3 Å². The fourth-order valence-electron chi connectivity index (χ4n) is 2.64. The first-order valence-electron chi connectivity index (χ1n) is 6.69. The number of nitrogens with zero attached hydrogens (tertiary/aromatic N) is 2. The summed E-state index contributed by atoms with van der Waals surface area (Å²) < 4.78 is 4.65. The van der Waals surface area contributed by atoms with Gasteiger partial charge in [0.2, 0.25) is 0 Å². The van der Waals surface area contributed by atoms with Crippen molar-refractivity contribution in [3.8, 4) is 6.07 Å². The maximum atomic E-state index is 11.4. The van der Waals surface area contributed by atoms with Gasteiger partial charge in [-0.3, -0.25) is 0 Å². The third-order valence-electron chi connectivity index (χ3n) is 3.69. The molecule has 0 amide bonds. The fraction of sp³-hybridized carbons (Fsp3) is 0.643. The number of hydrogen-bond acceptors (Lipinski definition) is 5. The Bertz CT molecular complexity index is 470. The molecule has 1 unspecified atom stereocenters. The van der Waals surface area contributed by atoms with E-state index >= 15 is 0 Å². The first kappa shape index (κ1) is 14.0. The molecule has 1 aromatic rings. The molecule has 0 aromatic carbocycles. The van der Waals surface area contributed by atoms with Crippen LogP contribution in [0.25, 0.3) is 0 Å². The van der Waals surface area contributed by atoms with Gasteiger partial charge >= 0.3 is 5.97 Å². The number of rotatable bonds is 3. The van der Waals surface area contributed by atoms with E-state index in [1.807, 2.05) is 0 Å². The summed E-state index contributed by atoms with van der Waals surface area (Å²) >= 11 is 1.39. The normalized spacial score (nSPS) is 18.3. The summed E-state index contributed by atoms with van der Waals surface area (Å²) in [5, 5.41) is 11.9. The van der Waals surface area contributed by atoms with Crippen molar-refractivity contribution in [2.75, 3.05) is 7.11 Å². The van der Waals surface area contributed by atoms with Gasteiger partial charge in [0.05, 0.1) is 13.2 Å². The van der Waals surface area contributed by atoms with Gasteiger partial charge in [-0.1, -0.05) is 25.7 Å². The zero-order valence-corrected chi connectivity index (χ0v) is 11.9. The Hall–Kier alpha value is -1.41. The number of carbonyl (C=O) groups excluding carboxylic acids is 1. The molecule has 1 aliphatic rings. The van der Waals surface area contributed by atoms with E-state index < -0.39 is 5.97 Å². The maximum Gasteiger partial charge on any atom is 0.357 e. The lowest BCUT2D eigenvalue weighted by molar-refractivity contribution is 0.0594. The van der Waals surface area contributed by atoms with E-state index in [0.29, 0.717) is 11.6 Å². The Morgan fingerprint density at radius 2 is 2.16 bits per heavy atom. The molecule has 0 spiro atoms. The zero-order valence-electron chi connectivity index (χ0n) is 11.1. The quantitative estimate of drug-likeness (QED) is 0.627. The molecule has 1 fully saturated rings. The number of aromatic nitrogens is 1. The number of esters is 1. The molecule has 2 rings (SSSR count). The summed E-state index contributed by atoms with van der Waals surface area (Å²) in [5.41, 5.74) is 0.316. The van der Waals surface area contributed by atoms with Crippen LogP contribution in [-0.2, 0) is 4.74 Å². The van der Waals surface area contributed by atoms with E-state index in [1.165, 1.54) is 44.1 Å². The second kappa shape index (κ2) is 6.67. The van der Waals surface area contributed by atoms with Crippen LogP contribution in [0.2, 0.25) is 0 Å². The van der Waals surface area contributed by atoms with E-state index in [0.717, 1.165) is 17.8 Å². The Balaban J connectivity index is 2.14. The van der Waals surface area contributed by atoms with Crippen LogP contribution in [0.4, 0.5) is 0 Å². The number of methoxy groups -OCH3 is 1. The fourth-order valence-corrected chi connectivity index (χ4v) is 3.56. The zero-order chi connectivity index (χ0) is 13.7. The topological polar surface area (TPSA) is 63.0 Å². The van der Waals surface area contributed by atoms with E-state index in [4.69, 9.17) is 0 Å². The molecule has 19 heavy (non-hydrogen) atoms. The molecule has 102 valence electrons. The minimum Gasteiger partial charge on any atom is -0.464 e. The minimum absolute atomic E-state index is 0.179. The van der Waals surface area contributed by atoms with Crippen molar-refractivity contribution < 1.29 is 9.53 Å². The average molecular weight is 278 g/mol. The molecule has 0 aliphatic heterocycles. The minimum atomic E-state index is -0.431. The number of carbonyl (C=O) groups is 1. The van der Waals surface area contributed by atoms with Crippen LogP contribution >= 0.6 is 11.3 Å².